The summed E-state index contributed by atoms with van der Waals surface area (Å²) in [5.74, 6) is 0.590. The highest BCUT2D eigenvalue weighted by molar-refractivity contribution is 6.32. The topological polar surface area (TPSA) is 27.7 Å². The van der Waals surface area contributed by atoms with Gasteiger partial charge in [0, 0.05) is 19.4 Å². The largest absolute Gasteiger partial charge is 0.451 e. The summed E-state index contributed by atoms with van der Waals surface area (Å²) in [4.78, 5) is 0. The summed E-state index contributed by atoms with van der Waals surface area (Å²) in [6.07, 6.45) is 0. The summed E-state index contributed by atoms with van der Waals surface area (Å²) in [6, 6.07) is 17.6. The number of hydrogen-bond donors (Lipinski definition) is 0. The van der Waals surface area contributed by atoms with Crippen molar-refractivity contribution < 1.29 is 14.2 Å². The van der Waals surface area contributed by atoms with E-state index in [4.69, 9.17) is 25.8 Å². The fourth-order valence-corrected chi connectivity index (χ4v) is 2.67. The predicted molar refractivity (Wildman–Crippen MR) is 90.7 cm³/mol. The zero-order valence-electron chi connectivity index (χ0n) is 13.2. The minimum Gasteiger partial charge on any atom is -0.451 e. The maximum absolute atomic E-state index is 6.28. The fourth-order valence-electron chi connectivity index (χ4n) is 2.45. The summed E-state index contributed by atoms with van der Waals surface area (Å²) in [5.41, 5.74) is 1.93. The molecule has 0 atom stereocenters. The highest BCUT2D eigenvalue weighted by atomic mass is 35.5. The lowest BCUT2D eigenvalue weighted by Crippen LogP contribution is -2.21. The summed E-state index contributed by atoms with van der Waals surface area (Å²) >= 11 is 6.28. The van der Waals surface area contributed by atoms with Crippen LogP contribution in [0.15, 0.2) is 60.4 Å². The van der Waals surface area contributed by atoms with E-state index in [0.717, 1.165) is 11.1 Å². The van der Waals surface area contributed by atoms with Crippen molar-refractivity contribution in [1.29, 1.82) is 0 Å². The summed E-state index contributed by atoms with van der Waals surface area (Å²) in [5, 5.41) is 0.629. The van der Waals surface area contributed by atoms with Crippen molar-refractivity contribution in [3.63, 3.8) is 0 Å². The van der Waals surface area contributed by atoms with Crippen LogP contribution >= 0.6 is 11.6 Å². The smallest absolute Gasteiger partial charge is 0.245 e. The van der Waals surface area contributed by atoms with Crippen molar-refractivity contribution in [2.75, 3.05) is 6.61 Å². The standard InChI is InChI=1S/C19H19ClO3/c1-19(2)22-17(13-21-12-14-8-4-3-5-9-14)18(23-19)15-10-6-7-11-16(15)20/h3-11H,12-13H2,1-2H3. The third-order valence-electron chi connectivity index (χ3n) is 3.43. The van der Waals surface area contributed by atoms with Gasteiger partial charge in [0.1, 0.15) is 6.61 Å². The predicted octanol–water partition coefficient (Wildman–Crippen LogP) is 5.01. The minimum absolute atomic E-state index is 0.332. The Morgan fingerprint density at radius 2 is 1.61 bits per heavy atom. The van der Waals surface area contributed by atoms with E-state index in [1.54, 1.807) is 0 Å². The van der Waals surface area contributed by atoms with E-state index >= 15 is 0 Å². The lowest BCUT2D eigenvalue weighted by molar-refractivity contribution is -0.116. The maximum Gasteiger partial charge on any atom is 0.245 e. The molecule has 0 aromatic heterocycles. The van der Waals surface area contributed by atoms with Crippen molar-refractivity contribution in [3.8, 4) is 0 Å². The Bertz CT molecular complexity index is 708. The lowest BCUT2D eigenvalue weighted by atomic mass is 10.1. The van der Waals surface area contributed by atoms with Crippen molar-refractivity contribution in [2.24, 2.45) is 0 Å². The van der Waals surface area contributed by atoms with E-state index in [0.29, 0.717) is 29.8 Å². The van der Waals surface area contributed by atoms with Gasteiger partial charge in [-0.25, -0.2) is 0 Å². The first-order valence-electron chi connectivity index (χ1n) is 7.53. The fraction of sp³-hybridized carbons (Fsp3) is 0.263. The summed E-state index contributed by atoms with van der Waals surface area (Å²) in [7, 11) is 0. The monoisotopic (exact) mass is 330 g/mol. The molecular formula is C19H19ClO3. The molecule has 3 rings (SSSR count). The molecule has 0 spiro atoms. The van der Waals surface area contributed by atoms with Gasteiger partial charge >= 0.3 is 0 Å². The van der Waals surface area contributed by atoms with E-state index in [-0.39, 0.29) is 0 Å². The van der Waals surface area contributed by atoms with Crippen LogP contribution in [0, 0.1) is 0 Å². The van der Waals surface area contributed by atoms with Crippen LogP contribution in [0.5, 0.6) is 0 Å². The molecule has 0 bridgehead atoms. The highest BCUT2D eigenvalue weighted by Gasteiger charge is 2.35. The molecule has 0 saturated carbocycles. The van der Waals surface area contributed by atoms with Crippen LogP contribution in [-0.4, -0.2) is 12.4 Å². The molecule has 2 aromatic carbocycles. The maximum atomic E-state index is 6.28. The average molecular weight is 331 g/mol. The first kappa shape index (κ1) is 15.9. The third kappa shape index (κ3) is 3.87. The Morgan fingerprint density at radius 1 is 0.913 bits per heavy atom. The second kappa shape index (κ2) is 6.65. The highest BCUT2D eigenvalue weighted by Crippen LogP contribution is 2.38. The molecule has 0 saturated heterocycles. The molecule has 1 aliphatic heterocycles. The lowest BCUT2D eigenvalue weighted by Gasteiger charge is -2.19. The number of halogens is 1. The molecule has 120 valence electrons. The molecule has 2 aromatic rings. The van der Waals surface area contributed by atoms with Crippen LogP contribution in [0.4, 0.5) is 0 Å². The van der Waals surface area contributed by atoms with Crippen molar-refractivity contribution in [3.05, 3.63) is 76.5 Å². The van der Waals surface area contributed by atoms with Crippen LogP contribution in [0.1, 0.15) is 25.0 Å². The second-order valence-corrected chi connectivity index (χ2v) is 6.22. The average Bonchev–Trinajstić information content (AvgIpc) is 2.84. The quantitative estimate of drug-likeness (QED) is 0.771. The van der Waals surface area contributed by atoms with Gasteiger partial charge in [-0.15, -0.1) is 0 Å². The van der Waals surface area contributed by atoms with E-state index in [9.17, 15) is 0 Å². The molecule has 0 aliphatic carbocycles. The molecule has 0 amide bonds. The van der Waals surface area contributed by atoms with Gasteiger partial charge in [0.2, 0.25) is 5.79 Å². The zero-order valence-corrected chi connectivity index (χ0v) is 14.0. The van der Waals surface area contributed by atoms with E-state index < -0.39 is 5.79 Å². The molecule has 0 N–H and O–H groups in total. The van der Waals surface area contributed by atoms with Crippen LogP contribution < -0.4 is 0 Å². The van der Waals surface area contributed by atoms with Crippen LogP contribution in [-0.2, 0) is 20.8 Å². The number of rotatable bonds is 5. The van der Waals surface area contributed by atoms with E-state index in [1.807, 2.05) is 68.4 Å². The normalized spacial score (nSPS) is 16.1. The Kier molecular flexibility index (Phi) is 4.60. The zero-order chi connectivity index (χ0) is 16.3. The van der Waals surface area contributed by atoms with Crippen LogP contribution in [0.3, 0.4) is 0 Å². The Morgan fingerprint density at radius 3 is 2.35 bits per heavy atom. The van der Waals surface area contributed by atoms with Crippen LogP contribution in [0.25, 0.3) is 5.76 Å². The molecule has 1 heterocycles. The first-order chi connectivity index (χ1) is 11.1. The Balaban J connectivity index is 1.76. The number of hydrogen-bond acceptors (Lipinski definition) is 3. The van der Waals surface area contributed by atoms with Gasteiger partial charge in [-0.2, -0.15) is 0 Å². The molecule has 0 radical (unpaired) electrons. The van der Waals surface area contributed by atoms with Gasteiger partial charge in [-0.05, 0) is 17.7 Å². The van der Waals surface area contributed by atoms with Crippen LogP contribution in [0.2, 0.25) is 5.02 Å². The number of ether oxygens (including phenoxy) is 3. The van der Waals surface area contributed by atoms with Gasteiger partial charge in [0.05, 0.1) is 11.6 Å². The molecule has 0 fully saturated rings. The van der Waals surface area contributed by atoms with Gasteiger partial charge in [0.25, 0.3) is 0 Å². The second-order valence-electron chi connectivity index (χ2n) is 5.81. The first-order valence-corrected chi connectivity index (χ1v) is 7.91. The SMILES string of the molecule is CC1(C)OC(COCc2ccccc2)=C(c2ccccc2Cl)O1. The Hall–Kier alpha value is -1.97. The van der Waals surface area contributed by atoms with Crippen molar-refractivity contribution in [2.45, 2.75) is 26.2 Å². The molecule has 4 heteroatoms. The molecule has 1 aliphatic rings. The molecular weight excluding hydrogens is 312 g/mol. The van der Waals surface area contributed by atoms with E-state index in [2.05, 4.69) is 0 Å². The molecule has 3 nitrogen and oxygen atoms in total. The van der Waals surface area contributed by atoms with Gasteiger partial charge in [-0.1, -0.05) is 54.1 Å². The van der Waals surface area contributed by atoms with Crippen molar-refractivity contribution in [1.82, 2.24) is 0 Å². The minimum atomic E-state index is -0.722. The Labute approximate surface area is 141 Å². The van der Waals surface area contributed by atoms with Crippen molar-refractivity contribution >= 4 is 17.4 Å². The van der Waals surface area contributed by atoms with Gasteiger partial charge < -0.3 is 14.2 Å². The summed E-state index contributed by atoms with van der Waals surface area (Å²) < 4.78 is 17.6. The third-order valence-corrected chi connectivity index (χ3v) is 3.76. The van der Waals surface area contributed by atoms with E-state index in [1.165, 1.54) is 0 Å². The molecule has 0 unspecified atom stereocenters. The summed E-state index contributed by atoms with van der Waals surface area (Å²) in [6.45, 7) is 4.59. The number of benzene rings is 2. The van der Waals surface area contributed by atoms with Gasteiger partial charge in [-0.3, -0.25) is 0 Å². The van der Waals surface area contributed by atoms with Gasteiger partial charge in [0.15, 0.2) is 11.5 Å². The molecule has 23 heavy (non-hydrogen) atoms.